The summed E-state index contributed by atoms with van der Waals surface area (Å²) in [6, 6.07) is 3.57. The first-order valence-corrected chi connectivity index (χ1v) is 7.77. The molecule has 0 unspecified atom stereocenters. The lowest BCUT2D eigenvalue weighted by Crippen LogP contribution is -2.14. The minimum absolute atomic E-state index is 0.128. The van der Waals surface area contributed by atoms with Gasteiger partial charge in [-0.25, -0.2) is 4.98 Å². The number of methoxy groups -OCH3 is 2. The Morgan fingerprint density at radius 2 is 2.00 bits per heavy atom. The first-order valence-electron chi connectivity index (χ1n) is 6.16. The number of halogens is 1. The van der Waals surface area contributed by atoms with Crippen LogP contribution in [0, 0.1) is 6.92 Å². The molecule has 5 nitrogen and oxygen atoms in total. The largest absolute Gasteiger partial charge is 0.493 e. The first-order chi connectivity index (χ1) is 10.0. The number of amides is 1. The van der Waals surface area contributed by atoms with Gasteiger partial charge < -0.3 is 14.8 Å². The Morgan fingerprint density at radius 1 is 1.33 bits per heavy atom. The summed E-state index contributed by atoms with van der Waals surface area (Å²) in [4.78, 5) is 17.2. The van der Waals surface area contributed by atoms with Gasteiger partial charge in [-0.1, -0.05) is 15.9 Å². The van der Waals surface area contributed by atoms with Crippen LogP contribution in [0.4, 0.5) is 5.13 Å². The van der Waals surface area contributed by atoms with Gasteiger partial charge in [-0.15, -0.1) is 11.3 Å². The highest BCUT2D eigenvalue weighted by Gasteiger charge is 2.13. The fourth-order valence-electron chi connectivity index (χ4n) is 1.78. The van der Waals surface area contributed by atoms with Crippen LogP contribution >= 0.6 is 27.3 Å². The fourth-order valence-corrected chi connectivity index (χ4v) is 2.92. The van der Waals surface area contributed by atoms with Crippen molar-refractivity contribution in [2.24, 2.45) is 0 Å². The minimum Gasteiger partial charge on any atom is -0.493 e. The summed E-state index contributed by atoms with van der Waals surface area (Å²) in [7, 11) is 3.13. The van der Waals surface area contributed by atoms with Gasteiger partial charge in [0.1, 0.15) is 0 Å². The predicted molar refractivity (Wildman–Crippen MR) is 86.4 cm³/mol. The zero-order valence-corrected chi connectivity index (χ0v) is 14.3. The van der Waals surface area contributed by atoms with Crippen LogP contribution in [0.1, 0.15) is 10.4 Å². The van der Waals surface area contributed by atoms with Gasteiger partial charge in [0.25, 0.3) is 0 Å². The van der Waals surface area contributed by atoms with Gasteiger partial charge in [-0.05, 0) is 24.6 Å². The summed E-state index contributed by atoms with van der Waals surface area (Å²) in [5.41, 5.74) is 0.818. The van der Waals surface area contributed by atoms with E-state index >= 15 is 0 Å². The predicted octanol–water partition coefficient (Wildman–Crippen LogP) is 3.41. The van der Waals surface area contributed by atoms with E-state index in [9.17, 15) is 4.79 Å². The van der Waals surface area contributed by atoms with Crippen molar-refractivity contribution in [3.63, 3.8) is 0 Å². The molecule has 0 aliphatic rings. The maximum absolute atomic E-state index is 12.1. The second-order valence-electron chi connectivity index (χ2n) is 4.30. The lowest BCUT2D eigenvalue weighted by atomic mass is 10.1. The molecule has 7 heteroatoms. The Kier molecular flexibility index (Phi) is 5.19. The number of nitrogens with one attached hydrogen (secondary N) is 1. The SMILES string of the molecule is COc1cc(Br)c(CC(=O)Nc2ncc(C)s2)cc1OC. The van der Waals surface area contributed by atoms with E-state index in [2.05, 4.69) is 26.2 Å². The molecular formula is C14H15BrN2O3S. The molecule has 1 aromatic carbocycles. The van der Waals surface area contributed by atoms with E-state index in [4.69, 9.17) is 9.47 Å². The zero-order valence-electron chi connectivity index (χ0n) is 11.9. The summed E-state index contributed by atoms with van der Waals surface area (Å²) in [5, 5.41) is 3.39. The minimum atomic E-state index is -0.128. The third-order valence-electron chi connectivity index (χ3n) is 2.77. The maximum atomic E-state index is 12.1. The Labute approximate surface area is 135 Å². The van der Waals surface area contributed by atoms with Crippen molar-refractivity contribution in [1.82, 2.24) is 4.98 Å². The number of carbonyl (C=O) groups is 1. The number of nitrogens with zero attached hydrogens (tertiary/aromatic N) is 1. The number of hydrogen-bond acceptors (Lipinski definition) is 5. The molecule has 112 valence electrons. The van der Waals surface area contributed by atoms with Gasteiger partial charge in [0.15, 0.2) is 16.6 Å². The van der Waals surface area contributed by atoms with Gasteiger partial charge in [0.2, 0.25) is 5.91 Å². The average molecular weight is 371 g/mol. The molecule has 0 bridgehead atoms. The Hall–Kier alpha value is -1.60. The summed E-state index contributed by atoms with van der Waals surface area (Å²) < 4.78 is 11.3. The van der Waals surface area contributed by atoms with Crippen molar-refractivity contribution in [1.29, 1.82) is 0 Å². The molecule has 0 aliphatic carbocycles. The molecule has 0 spiro atoms. The van der Waals surface area contributed by atoms with E-state index in [1.165, 1.54) is 11.3 Å². The molecule has 2 aromatic rings. The van der Waals surface area contributed by atoms with Gasteiger partial charge in [0, 0.05) is 15.5 Å². The van der Waals surface area contributed by atoms with Crippen molar-refractivity contribution in [2.75, 3.05) is 19.5 Å². The van der Waals surface area contributed by atoms with Gasteiger partial charge in [0.05, 0.1) is 20.6 Å². The average Bonchev–Trinajstić information content (AvgIpc) is 2.85. The molecule has 0 atom stereocenters. The third kappa shape index (κ3) is 3.95. The lowest BCUT2D eigenvalue weighted by molar-refractivity contribution is -0.115. The molecule has 2 rings (SSSR count). The summed E-state index contributed by atoms with van der Waals surface area (Å²) in [6.07, 6.45) is 1.95. The van der Waals surface area contributed by atoms with Crippen LogP contribution in [0.15, 0.2) is 22.8 Å². The van der Waals surface area contributed by atoms with Crippen LogP contribution in [-0.2, 0) is 11.2 Å². The molecule has 21 heavy (non-hydrogen) atoms. The van der Waals surface area contributed by atoms with E-state index in [0.717, 1.165) is 14.9 Å². The zero-order chi connectivity index (χ0) is 15.4. The quantitative estimate of drug-likeness (QED) is 0.875. The van der Waals surface area contributed by atoms with Crippen LogP contribution in [-0.4, -0.2) is 25.1 Å². The summed E-state index contributed by atoms with van der Waals surface area (Å²) >= 11 is 4.89. The van der Waals surface area contributed by atoms with Crippen molar-refractivity contribution >= 4 is 38.3 Å². The van der Waals surface area contributed by atoms with Crippen molar-refractivity contribution < 1.29 is 14.3 Å². The van der Waals surface area contributed by atoms with Crippen LogP contribution in [0.5, 0.6) is 11.5 Å². The smallest absolute Gasteiger partial charge is 0.230 e. The van der Waals surface area contributed by atoms with Crippen LogP contribution in [0.2, 0.25) is 0 Å². The molecule has 0 fully saturated rings. The second kappa shape index (κ2) is 6.91. The third-order valence-corrected chi connectivity index (χ3v) is 4.34. The molecule has 0 saturated carbocycles. The second-order valence-corrected chi connectivity index (χ2v) is 6.39. The molecule has 0 aliphatic heterocycles. The molecule has 1 aromatic heterocycles. The number of carbonyl (C=O) groups excluding carboxylic acids is 1. The van der Waals surface area contributed by atoms with Crippen LogP contribution in [0.3, 0.4) is 0 Å². The highest BCUT2D eigenvalue weighted by atomic mass is 79.9. The molecule has 0 radical (unpaired) electrons. The number of hydrogen-bond donors (Lipinski definition) is 1. The highest BCUT2D eigenvalue weighted by Crippen LogP contribution is 2.33. The monoisotopic (exact) mass is 370 g/mol. The number of benzene rings is 1. The normalized spacial score (nSPS) is 10.3. The van der Waals surface area contributed by atoms with E-state index in [1.54, 1.807) is 32.5 Å². The maximum Gasteiger partial charge on any atom is 0.230 e. The Morgan fingerprint density at radius 3 is 2.57 bits per heavy atom. The lowest BCUT2D eigenvalue weighted by Gasteiger charge is -2.11. The van der Waals surface area contributed by atoms with Crippen molar-refractivity contribution in [2.45, 2.75) is 13.3 Å². The standard InChI is InChI=1S/C14H15BrN2O3S/c1-8-7-16-14(21-8)17-13(18)5-9-4-11(19-2)12(20-3)6-10(9)15/h4,6-7H,5H2,1-3H3,(H,16,17,18). The van der Waals surface area contributed by atoms with E-state index in [0.29, 0.717) is 16.6 Å². The van der Waals surface area contributed by atoms with Crippen LogP contribution in [0.25, 0.3) is 0 Å². The summed E-state index contributed by atoms with van der Waals surface area (Å²) in [6.45, 7) is 1.94. The van der Waals surface area contributed by atoms with E-state index < -0.39 is 0 Å². The highest BCUT2D eigenvalue weighted by molar-refractivity contribution is 9.10. The van der Waals surface area contributed by atoms with E-state index in [1.807, 2.05) is 6.92 Å². The summed E-state index contributed by atoms with van der Waals surface area (Å²) in [5.74, 6) is 1.08. The topological polar surface area (TPSA) is 60.5 Å². The van der Waals surface area contributed by atoms with Gasteiger partial charge in [-0.2, -0.15) is 0 Å². The molecule has 1 amide bonds. The van der Waals surface area contributed by atoms with E-state index in [-0.39, 0.29) is 12.3 Å². The Balaban J connectivity index is 2.13. The number of aryl methyl sites for hydroxylation is 1. The van der Waals surface area contributed by atoms with Crippen molar-refractivity contribution in [3.05, 3.63) is 33.2 Å². The molecule has 0 saturated heterocycles. The van der Waals surface area contributed by atoms with Gasteiger partial charge in [-0.3, -0.25) is 4.79 Å². The number of rotatable bonds is 5. The first kappa shape index (κ1) is 15.8. The number of anilines is 1. The number of ether oxygens (including phenoxy) is 2. The van der Waals surface area contributed by atoms with Gasteiger partial charge >= 0.3 is 0 Å². The molecule has 1 heterocycles. The molecule has 1 N–H and O–H groups in total. The number of aromatic nitrogens is 1. The Bertz CT molecular complexity index is 658. The fraction of sp³-hybridized carbons (Fsp3) is 0.286. The van der Waals surface area contributed by atoms with Crippen molar-refractivity contribution in [3.8, 4) is 11.5 Å². The number of thiazole rings is 1. The molecular weight excluding hydrogens is 356 g/mol. The van der Waals surface area contributed by atoms with Crippen LogP contribution < -0.4 is 14.8 Å².